The predicted molar refractivity (Wildman–Crippen MR) is 76.9 cm³/mol. The fourth-order valence-electron chi connectivity index (χ4n) is 1.87. The van der Waals surface area contributed by atoms with Crippen molar-refractivity contribution < 1.29 is 18.7 Å². The van der Waals surface area contributed by atoms with Crippen molar-refractivity contribution in [2.24, 2.45) is 0 Å². The fourth-order valence-corrected chi connectivity index (χ4v) is 2.00. The smallest absolute Gasteiger partial charge is 0.330 e. The lowest BCUT2D eigenvalue weighted by molar-refractivity contribution is -0.138. The molecular weight excluding hydrogens is 300 g/mol. The van der Waals surface area contributed by atoms with Crippen LogP contribution in [0.2, 0.25) is 5.02 Å². The second kappa shape index (κ2) is 6.54. The van der Waals surface area contributed by atoms with Crippen LogP contribution in [0.1, 0.15) is 23.6 Å². The summed E-state index contributed by atoms with van der Waals surface area (Å²) in [5, 5.41) is 12.6. The zero-order valence-corrected chi connectivity index (χ0v) is 11.5. The van der Waals surface area contributed by atoms with Crippen LogP contribution in [-0.2, 0) is 4.79 Å². The maximum absolute atomic E-state index is 12.7. The average Bonchev–Trinajstić information content (AvgIpc) is 2.46. The van der Waals surface area contributed by atoms with Gasteiger partial charge in [0.2, 0.25) is 0 Å². The molecule has 1 atom stereocenters. The summed E-state index contributed by atoms with van der Waals surface area (Å²) in [6, 6.07) is 10.7. The van der Waals surface area contributed by atoms with Crippen LogP contribution in [0.4, 0.5) is 14.5 Å². The van der Waals surface area contributed by atoms with E-state index in [1.54, 1.807) is 24.3 Å². The van der Waals surface area contributed by atoms with Gasteiger partial charge in [0.15, 0.2) is 6.04 Å². The average molecular weight is 312 g/mol. The molecule has 0 heterocycles. The summed E-state index contributed by atoms with van der Waals surface area (Å²) < 4.78 is 25.4. The second-order valence-corrected chi connectivity index (χ2v) is 4.83. The van der Waals surface area contributed by atoms with Crippen molar-refractivity contribution in [3.05, 3.63) is 64.7 Å². The Morgan fingerprint density at radius 3 is 2.29 bits per heavy atom. The molecule has 0 saturated heterocycles. The Morgan fingerprint density at radius 2 is 1.71 bits per heavy atom. The van der Waals surface area contributed by atoms with Crippen LogP contribution in [0.3, 0.4) is 0 Å². The van der Waals surface area contributed by atoms with Crippen LogP contribution in [0, 0.1) is 0 Å². The molecule has 0 amide bonds. The molecule has 0 aliphatic rings. The van der Waals surface area contributed by atoms with Gasteiger partial charge >= 0.3 is 5.97 Å². The molecule has 3 nitrogen and oxygen atoms in total. The van der Waals surface area contributed by atoms with E-state index in [0.29, 0.717) is 10.7 Å². The number of halogens is 3. The summed E-state index contributed by atoms with van der Waals surface area (Å²) in [4.78, 5) is 11.4. The minimum atomic E-state index is -2.64. The molecule has 0 fully saturated rings. The first kappa shape index (κ1) is 15.3. The second-order valence-electron chi connectivity index (χ2n) is 4.39. The van der Waals surface area contributed by atoms with Crippen molar-refractivity contribution in [1.29, 1.82) is 0 Å². The Balaban J connectivity index is 2.28. The number of anilines is 1. The highest BCUT2D eigenvalue weighted by Gasteiger charge is 2.21. The molecule has 2 N–H and O–H groups in total. The van der Waals surface area contributed by atoms with Crippen LogP contribution >= 0.6 is 11.6 Å². The molecule has 2 aromatic carbocycles. The summed E-state index contributed by atoms with van der Waals surface area (Å²) in [5.41, 5.74) is 0.584. The molecule has 0 aromatic heterocycles. The normalized spacial score (nSPS) is 12.2. The zero-order valence-electron chi connectivity index (χ0n) is 10.8. The molecule has 2 aromatic rings. The highest BCUT2D eigenvalue weighted by atomic mass is 35.5. The van der Waals surface area contributed by atoms with Crippen LogP contribution < -0.4 is 5.32 Å². The first-order valence-electron chi connectivity index (χ1n) is 6.10. The number of hydrogen-bond donors (Lipinski definition) is 2. The lowest BCUT2D eigenvalue weighted by Gasteiger charge is -2.17. The van der Waals surface area contributed by atoms with E-state index in [0.717, 1.165) is 0 Å². The molecule has 0 aliphatic carbocycles. The SMILES string of the molecule is O=C(O)C(Nc1ccc(Cl)cc1)c1cccc(C(F)F)c1. The Bertz CT molecular complexity index is 632. The summed E-state index contributed by atoms with van der Waals surface area (Å²) in [5.74, 6) is -1.16. The van der Waals surface area contributed by atoms with E-state index >= 15 is 0 Å². The maximum Gasteiger partial charge on any atom is 0.330 e. The van der Waals surface area contributed by atoms with Gasteiger partial charge in [-0.1, -0.05) is 29.8 Å². The van der Waals surface area contributed by atoms with Crippen molar-refractivity contribution in [3.8, 4) is 0 Å². The van der Waals surface area contributed by atoms with Crippen molar-refractivity contribution in [2.75, 3.05) is 5.32 Å². The van der Waals surface area contributed by atoms with Gasteiger partial charge in [0, 0.05) is 16.3 Å². The molecule has 110 valence electrons. The molecular formula is C15H12ClF2NO2. The van der Waals surface area contributed by atoms with Crippen LogP contribution in [0.25, 0.3) is 0 Å². The minimum Gasteiger partial charge on any atom is -0.479 e. The van der Waals surface area contributed by atoms with Crippen molar-refractivity contribution in [1.82, 2.24) is 0 Å². The molecule has 2 rings (SSSR count). The van der Waals surface area contributed by atoms with E-state index in [-0.39, 0.29) is 11.1 Å². The highest BCUT2D eigenvalue weighted by Crippen LogP contribution is 2.25. The fraction of sp³-hybridized carbons (Fsp3) is 0.133. The Hall–Kier alpha value is -2.14. The van der Waals surface area contributed by atoms with E-state index < -0.39 is 18.4 Å². The van der Waals surface area contributed by atoms with E-state index in [1.807, 2.05) is 0 Å². The molecule has 1 unspecified atom stereocenters. The Labute approximate surface area is 125 Å². The predicted octanol–water partition coefficient (Wildman–Crippen LogP) is 4.52. The number of carbonyl (C=O) groups is 1. The van der Waals surface area contributed by atoms with Gasteiger partial charge in [-0.2, -0.15) is 0 Å². The van der Waals surface area contributed by atoms with Gasteiger partial charge in [0.05, 0.1) is 0 Å². The Morgan fingerprint density at radius 1 is 1.10 bits per heavy atom. The number of carboxylic acids is 1. The number of alkyl halides is 2. The number of benzene rings is 2. The van der Waals surface area contributed by atoms with E-state index in [9.17, 15) is 18.7 Å². The number of nitrogens with one attached hydrogen (secondary N) is 1. The van der Waals surface area contributed by atoms with Gasteiger partial charge in [-0.15, -0.1) is 0 Å². The molecule has 0 bridgehead atoms. The lowest BCUT2D eigenvalue weighted by Crippen LogP contribution is -2.20. The topological polar surface area (TPSA) is 49.3 Å². The minimum absolute atomic E-state index is 0.211. The molecule has 21 heavy (non-hydrogen) atoms. The monoisotopic (exact) mass is 311 g/mol. The van der Waals surface area contributed by atoms with E-state index in [1.165, 1.54) is 24.3 Å². The number of carboxylic acid groups (broad SMARTS) is 1. The van der Waals surface area contributed by atoms with Crippen molar-refractivity contribution >= 4 is 23.3 Å². The van der Waals surface area contributed by atoms with Crippen LogP contribution in [0.5, 0.6) is 0 Å². The van der Waals surface area contributed by atoms with Crippen molar-refractivity contribution in [3.63, 3.8) is 0 Å². The Kier molecular flexibility index (Phi) is 4.75. The number of aliphatic carboxylic acids is 1. The third-order valence-electron chi connectivity index (χ3n) is 2.90. The lowest BCUT2D eigenvalue weighted by atomic mass is 10.0. The van der Waals surface area contributed by atoms with Gasteiger partial charge in [-0.05, 0) is 35.9 Å². The molecule has 6 heteroatoms. The van der Waals surface area contributed by atoms with E-state index in [2.05, 4.69) is 5.32 Å². The first-order chi connectivity index (χ1) is 9.97. The maximum atomic E-state index is 12.7. The molecule has 0 aliphatic heterocycles. The number of hydrogen-bond acceptors (Lipinski definition) is 2. The van der Waals surface area contributed by atoms with Gasteiger partial charge in [0.25, 0.3) is 6.43 Å². The third-order valence-corrected chi connectivity index (χ3v) is 3.15. The zero-order chi connectivity index (χ0) is 15.4. The van der Waals surface area contributed by atoms with Gasteiger partial charge in [-0.25, -0.2) is 13.6 Å². The molecule has 0 saturated carbocycles. The standard InChI is InChI=1S/C15H12ClF2NO2/c16-11-4-6-12(7-5-11)19-13(15(20)21)9-2-1-3-10(8-9)14(17)18/h1-8,13-14,19H,(H,20,21). The third kappa shape index (κ3) is 3.92. The molecule has 0 radical (unpaired) electrons. The number of rotatable bonds is 5. The van der Waals surface area contributed by atoms with E-state index in [4.69, 9.17) is 11.6 Å². The van der Waals surface area contributed by atoms with Gasteiger partial charge in [-0.3, -0.25) is 0 Å². The first-order valence-corrected chi connectivity index (χ1v) is 6.48. The van der Waals surface area contributed by atoms with Crippen LogP contribution in [-0.4, -0.2) is 11.1 Å². The quantitative estimate of drug-likeness (QED) is 0.853. The van der Waals surface area contributed by atoms with Gasteiger partial charge < -0.3 is 10.4 Å². The molecule has 0 spiro atoms. The highest BCUT2D eigenvalue weighted by molar-refractivity contribution is 6.30. The summed E-state index contributed by atoms with van der Waals surface area (Å²) in [6.07, 6.45) is -2.64. The van der Waals surface area contributed by atoms with Crippen LogP contribution in [0.15, 0.2) is 48.5 Å². The van der Waals surface area contributed by atoms with Crippen molar-refractivity contribution in [2.45, 2.75) is 12.5 Å². The van der Waals surface area contributed by atoms with Gasteiger partial charge in [0.1, 0.15) is 0 Å². The summed E-state index contributed by atoms with van der Waals surface area (Å²) in [6.45, 7) is 0. The largest absolute Gasteiger partial charge is 0.479 e. The summed E-state index contributed by atoms with van der Waals surface area (Å²) >= 11 is 5.76. The summed E-state index contributed by atoms with van der Waals surface area (Å²) in [7, 11) is 0.